The van der Waals surface area contributed by atoms with Crippen LogP contribution in [0.15, 0.2) is 0 Å². The van der Waals surface area contributed by atoms with Crippen LogP contribution in [0, 0.1) is 0 Å². The summed E-state index contributed by atoms with van der Waals surface area (Å²) in [5.74, 6) is 0.161. The van der Waals surface area contributed by atoms with Gasteiger partial charge in [-0.25, -0.2) is 0 Å². The fourth-order valence-corrected chi connectivity index (χ4v) is 2.46. The molecule has 4 heteroatoms. The van der Waals surface area contributed by atoms with Gasteiger partial charge in [0.15, 0.2) is 0 Å². The summed E-state index contributed by atoms with van der Waals surface area (Å²) in [4.78, 5) is 11.9. The predicted molar refractivity (Wildman–Crippen MR) is 75.5 cm³/mol. The lowest BCUT2D eigenvalue weighted by atomic mass is 10.2. The van der Waals surface area contributed by atoms with Crippen LogP contribution in [-0.2, 0) is 4.79 Å². The van der Waals surface area contributed by atoms with Crippen LogP contribution in [0.2, 0.25) is 0 Å². The predicted octanol–water partition coefficient (Wildman–Crippen LogP) is 2.16. The highest BCUT2D eigenvalue weighted by atomic mass is 32.2. The molecule has 0 spiro atoms. The zero-order valence-corrected chi connectivity index (χ0v) is 12.1. The summed E-state index contributed by atoms with van der Waals surface area (Å²) in [5.41, 5.74) is 0. The maximum atomic E-state index is 11.9. The highest BCUT2D eigenvalue weighted by Crippen LogP contribution is 2.17. The second kappa shape index (κ2) is 7.98. The van der Waals surface area contributed by atoms with E-state index in [1.165, 1.54) is 12.8 Å². The Morgan fingerprint density at radius 2 is 2.00 bits per heavy atom. The Balaban J connectivity index is 2.13. The van der Waals surface area contributed by atoms with E-state index in [2.05, 4.69) is 23.8 Å². The largest absolute Gasteiger partial charge is 0.352 e. The van der Waals surface area contributed by atoms with Gasteiger partial charge in [-0.3, -0.25) is 4.79 Å². The molecule has 1 aliphatic carbocycles. The monoisotopic (exact) mass is 258 g/mol. The van der Waals surface area contributed by atoms with Crippen molar-refractivity contribution in [3.8, 4) is 0 Å². The first kappa shape index (κ1) is 14.8. The average Bonchev–Trinajstić information content (AvgIpc) is 2.81. The van der Waals surface area contributed by atoms with Crippen LogP contribution in [0.25, 0.3) is 0 Å². The van der Waals surface area contributed by atoms with Crippen LogP contribution in [-0.4, -0.2) is 36.0 Å². The van der Waals surface area contributed by atoms with Crippen LogP contribution in [0.4, 0.5) is 0 Å². The van der Waals surface area contributed by atoms with Crippen molar-refractivity contribution in [3.05, 3.63) is 0 Å². The van der Waals surface area contributed by atoms with E-state index in [4.69, 9.17) is 0 Å². The lowest BCUT2D eigenvalue weighted by Crippen LogP contribution is -2.46. The first-order valence-electron chi connectivity index (χ1n) is 6.70. The molecule has 100 valence electrons. The first-order chi connectivity index (χ1) is 8.13. The topological polar surface area (TPSA) is 41.1 Å². The van der Waals surface area contributed by atoms with Gasteiger partial charge in [0.05, 0.1) is 6.04 Å². The Morgan fingerprint density at radius 3 is 2.59 bits per heavy atom. The number of carbonyl (C=O) groups is 1. The van der Waals surface area contributed by atoms with Gasteiger partial charge in [0.1, 0.15) is 0 Å². The minimum Gasteiger partial charge on any atom is -0.352 e. The molecule has 1 saturated carbocycles. The lowest BCUT2D eigenvalue weighted by molar-refractivity contribution is -0.123. The molecule has 0 heterocycles. The molecule has 0 bridgehead atoms. The summed E-state index contributed by atoms with van der Waals surface area (Å²) < 4.78 is 0. The van der Waals surface area contributed by atoms with Gasteiger partial charge in [-0.1, -0.05) is 19.8 Å². The van der Waals surface area contributed by atoms with Crippen LogP contribution in [0.1, 0.15) is 46.0 Å². The van der Waals surface area contributed by atoms with Crippen LogP contribution in [0.3, 0.4) is 0 Å². The van der Waals surface area contributed by atoms with Gasteiger partial charge < -0.3 is 10.6 Å². The number of amides is 1. The van der Waals surface area contributed by atoms with Gasteiger partial charge in [-0.2, -0.15) is 11.8 Å². The maximum Gasteiger partial charge on any atom is 0.237 e. The fraction of sp³-hybridized carbons (Fsp3) is 0.923. The summed E-state index contributed by atoms with van der Waals surface area (Å²) in [7, 11) is 0. The van der Waals surface area contributed by atoms with E-state index in [1.807, 2.05) is 18.7 Å². The van der Waals surface area contributed by atoms with Gasteiger partial charge in [0, 0.05) is 11.3 Å². The average molecular weight is 258 g/mol. The molecule has 3 nitrogen and oxygen atoms in total. The Hall–Kier alpha value is -0.220. The van der Waals surface area contributed by atoms with Crippen molar-refractivity contribution < 1.29 is 4.79 Å². The molecular weight excluding hydrogens is 232 g/mol. The van der Waals surface area contributed by atoms with E-state index in [1.54, 1.807) is 0 Å². The highest BCUT2D eigenvalue weighted by Gasteiger charge is 2.20. The normalized spacial score (nSPS) is 20.2. The Labute approximate surface area is 109 Å². The van der Waals surface area contributed by atoms with E-state index in [9.17, 15) is 4.79 Å². The summed E-state index contributed by atoms with van der Waals surface area (Å²) in [6.45, 7) is 5.09. The van der Waals surface area contributed by atoms with E-state index < -0.39 is 0 Å². The second-order valence-corrected chi connectivity index (χ2v) is 6.28. The zero-order chi connectivity index (χ0) is 12.7. The van der Waals surface area contributed by atoms with Crippen LogP contribution >= 0.6 is 11.8 Å². The Kier molecular flexibility index (Phi) is 6.97. The lowest BCUT2D eigenvalue weighted by Gasteiger charge is -2.18. The molecule has 1 rings (SSSR count). The standard InChI is InChI=1S/C13H26N2OS/c1-10(17-3)8-9-14-11(2)13(16)15-12-6-4-5-7-12/h10-12,14H,4-9H2,1-3H3,(H,15,16). The molecule has 0 aromatic heterocycles. The van der Waals surface area contributed by atoms with Crippen LogP contribution < -0.4 is 10.6 Å². The number of rotatable bonds is 7. The van der Waals surface area contributed by atoms with E-state index >= 15 is 0 Å². The van der Waals surface area contributed by atoms with E-state index in [0.29, 0.717) is 11.3 Å². The summed E-state index contributed by atoms with van der Waals surface area (Å²) >= 11 is 1.87. The summed E-state index contributed by atoms with van der Waals surface area (Å²) in [6, 6.07) is 0.363. The minimum atomic E-state index is -0.0651. The van der Waals surface area contributed by atoms with Gasteiger partial charge in [-0.05, 0) is 39.0 Å². The minimum absolute atomic E-state index is 0.0651. The molecule has 0 aromatic carbocycles. The van der Waals surface area contributed by atoms with E-state index in [0.717, 1.165) is 25.8 Å². The number of thioether (sulfide) groups is 1. The summed E-state index contributed by atoms with van der Waals surface area (Å²) in [5, 5.41) is 7.08. The molecule has 1 fully saturated rings. The SMILES string of the molecule is CSC(C)CCNC(C)C(=O)NC1CCCC1. The van der Waals surface area contributed by atoms with Gasteiger partial charge in [-0.15, -0.1) is 0 Å². The van der Waals surface area contributed by atoms with Crippen molar-refractivity contribution in [3.63, 3.8) is 0 Å². The van der Waals surface area contributed by atoms with Crippen LogP contribution in [0.5, 0.6) is 0 Å². The van der Waals surface area contributed by atoms with Crippen molar-refractivity contribution in [1.82, 2.24) is 10.6 Å². The molecule has 0 aromatic rings. The number of nitrogens with one attached hydrogen (secondary N) is 2. The molecule has 1 amide bonds. The van der Waals surface area contributed by atoms with Crippen molar-refractivity contribution >= 4 is 17.7 Å². The Bertz CT molecular complexity index is 229. The Morgan fingerprint density at radius 1 is 1.35 bits per heavy atom. The number of hydrogen-bond donors (Lipinski definition) is 2. The molecule has 17 heavy (non-hydrogen) atoms. The highest BCUT2D eigenvalue weighted by molar-refractivity contribution is 7.99. The fourth-order valence-electron chi connectivity index (χ4n) is 2.11. The third-order valence-electron chi connectivity index (χ3n) is 3.50. The van der Waals surface area contributed by atoms with Crippen molar-refractivity contribution in [2.45, 2.75) is 63.3 Å². The third kappa shape index (κ3) is 5.77. The molecule has 0 radical (unpaired) electrons. The zero-order valence-electron chi connectivity index (χ0n) is 11.3. The van der Waals surface area contributed by atoms with Crippen molar-refractivity contribution in [2.75, 3.05) is 12.8 Å². The third-order valence-corrected chi connectivity index (χ3v) is 4.54. The quantitative estimate of drug-likeness (QED) is 0.735. The molecule has 1 aliphatic rings. The van der Waals surface area contributed by atoms with Gasteiger partial charge in [0.25, 0.3) is 0 Å². The van der Waals surface area contributed by atoms with Gasteiger partial charge >= 0.3 is 0 Å². The number of hydrogen-bond acceptors (Lipinski definition) is 3. The molecule has 2 atom stereocenters. The van der Waals surface area contributed by atoms with Crippen molar-refractivity contribution in [2.24, 2.45) is 0 Å². The molecule has 0 saturated heterocycles. The first-order valence-corrected chi connectivity index (χ1v) is 7.99. The smallest absolute Gasteiger partial charge is 0.237 e. The maximum absolute atomic E-state index is 11.9. The molecular formula is C13H26N2OS. The molecule has 0 aliphatic heterocycles. The van der Waals surface area contributed by atoms with Crippen molar-refractivity contribution in [1.29, 1.82) is 0 Å². The molecule has 2 unspecified atom stereocenters. The molecule has 2 N–H and O–H groups in total. The van der Waals surface area contributed by atoms with E-state index in [-0.39, 0.29) is 11.9 Å². The number of carbonyl (C=O) groups excluding carboxylic acids is 1. The summed E-state index contributed by atoms with van der Waals surface area (Å²) in [6.07, 6.45) is 8.07. The van der Waals surface area contributed by atoms with Gasteiger partial charge in [0.2, 0.25) is 5.91 Å². The second-order valence-electron chi connectivity index (χ2n) is 5.00.